The number of rotatable bonds is 5. The van der Waals surface area contributed by atoms with Crippen LogP contribution in [0.3, 0.4) is 0 Å². The topological polar surface area (TPSA) is 78.4 Å². The van der Waals surface area contributed by atoms with Gasteiger partial charge in [-0.3, -0.25) is 4.79 Å². The van der Waals surface area contributed by atoms with Gasteiger partial charge >= 0.3 is 5.97 Å². The van der Waals surface area contributed by atoms with Crippen molar-refractivity contribution in [1.82, 2.24) is 5.32 Å². The van der Waals surface area contributed by atoms with Gasteiger partial charge in [0.1, 0.15) is 0 Å². The summed E-state index contributed by atoms with van der Waals surface area (Å²) in [6.45, 7) is 6.44. The number of hydrogen-bond acceptors (Lipinski definition) is 3. The van der Waals surface area contributed by atoms with Crippen molar-refractivity contribution in [3.05, 3.63) is 27.7 Å². The Morgan fingerprint density at radius 3 is 2.38 bits per heavy atom. The number of carbonyl (C=O) groups is 2. The zero-order valence-corrected chi connectivity index (χ0v) is 13.6. The number of anilines is 1. The van der Waals surface area contributed by atoms with E-state index in [0.717, 1.165) is 0 Å². The minimum Gasteiger partial charge on any atom is -0.478 e. The van der Waals surface area contributed by atoms with Gasteiger partial charge in [0, 0.05) is 23.5 Å². The van der Waals surface area contributed by atoms with Crippen LogP contribution in [0.5, 0.6) is 0 Å². The number of amides is 1. The Balaban J connectivity index is 2.79. The molecular formula is C14H18Cl2N2O3. The molecular weight excluding hydrogens is 315 g/mol. The molecule has 0 heterocycles. The molecule has 0 aliphatic carbocycles. The van der Waals surface area contributed by atoms with Crippen LogP contribution in [-0.2, 0) is 4.79 Å². The van der Waals surface area contributed by atoms with Crippen molar-refractivity contribution >= 4 is 40.8 Å². The predicted molar refractivity (Wildman–Crippen MR) is 84.4 cm³/mol. The van der Waals surface area contributed by atoms with Crippen LogP contribution in [0.4, 0.5) is 5.69 Å². The second-order valence-electron chi connectivity index (χ2n) is 5.59. The molecule has 0 unspecified atom stereocenters. The van der Waals surface area contributed by atoms with Crippen LogP contribution in [0.2, 0.25) is 10.0 Å². The summed E-state index contributed by atoms with van der Waals surface area (Å²) in [5.41, 5.74) is -0.163. The van der Waals surface area contributed by atoms with Gasteiger partial charge in [-0.15, -0.1) is 0 Å². The van der Waals surface area contributed by atoms with Crippen molar-refractivity contribution < 1.29 is 14.7 Å². The highest BCUT2D eigenvalue weighted by Gasteiger charge is 2.17. The standard InChI is InChI=1S/C14H18Cl2N2O3/c1-14(2,3)17-5-4-11(19)18-12-9(13(20)21)6-8(15)7-10(12)16/h6-7,17H,4-5H2,1-3H3,(H,18,19)(H,20,21). The van der Waals surface area contributed by atoms with Gasteiger partial charge in [0.15, 0.2) is 0 Å². The van der Waals surface area contributed by atoms with Gasteiger partial charge in [0.25, 0.3) is 0 Å². The number of aromatic carboxylic acids is 1. The first-order valence-corrected chi connectivity index (χ1v) is 7.13. The lowest BCUT2D eigenvalue weighted by Gasteiger charge is -2.20. The van der Waals surface area contributed by atoms with Gasteiger partial charge in [-0.2, -0.15) is 0 Å². The average Bonchev–Trinajstić information content (AvgIpc) is 2.30. The second kappa shape index (κ2) is 7.11. The van der Waals surface area contributed by atoms with E-state index in [4.69, 9.17) is 28.3 Å². The molecule has 21 heavy (non-hydrogen) atoms. The highest BCUT2D eigenvalue weighted by molar-refractivity contribution is 6.37. The fraction of sp³-hybridized carbons (Fsp3) is 0.429. The molecule has 0 saturated heterocycles. The van der Waals surface area contributed by atoms with Crippen molar-refractivity contribution in [2.45, 2.75) is 32.7 Å². The van der Waals surface area contributed by atoms with Crippen LogP contribution in [0.25, 0.3) is 0 Å². The predicted octanol–water partition coefficient (Wildman–Crippen LogP) is 3.41. The number of carboxylic acids is 1. The van der Waals surface area contributed by atoms with Crippen LogP contribution in [0.1, 0.15) is 37.6 Å². The van der Waals surface area contributed by atoms with Gasteiger partial charge in [0.2, 0.25) is 5.91 Å². The van der Waals surface area contributed by atoms with Crippen molar-refractivity contribution in [3.63, 3.8) is 0 Å². The van der Waals surface area contributed by atoms with E-state index in [0.29, 0.717) is 6.54 Å². The SMILES string of the molecule is CC(C)(C)NCCC(=O)Nc1c(Cl)cc(Cl)cc1C(=O)O. The van der Waals surface area contributed by atoms with E-state index >= 15 is 0 Å². The molecule has 0 aliphatic rings. The Bertz CT molecular complexity index is 554. The van der Waals surface area contributed by atoms with E-state index in [-0.39, 0.29) is 39.2 Å². The zero-order valence-electron chi connectivity index (χ0n) is 12.1. The van der Waals surface area contributed by atoms with Crippen LogP contribution in [0, 0.1) is 0 Å². The lowest BCUT2D eigenvalue weighted by molar-refractivity contribution is -0.116. The Morgan fingerprint density at radius 1 is 1.24 bits per heavy atom. The molecule has 0 saturated carbocycles. The Labute approximate surface area is 133 Å². The number of halogens is 2. The molecule has 0 radical (unpaired) electrons. The zero-order chi connectivity index (χ0) is 16.2. The average molecular weight is 333 g/mol. The van der Waals surface area contributed by atoms with Crippen molar-refractivity contribution in [3.8, 4) is 0 Å². The summed E-state index contributed by atoms with van der Waals surface area (Å²) >= 11 is 11.7. The maximum Gasteiger partial charge on any atom is 0.337 e. The van der Waals surface area contributed by atoms with Crippen molar-refractivity contribution in [2.75, 3.05) is 11.9 Å². The van der Waals surface area contributed by atoms with E-state index in [1.165, 1.54) is 12.1 Å². The lowest BCUT2D eigenvalue weighted by atomic mass is 10.1. The van der Waals surface area contributed by atoms with Crippen LogP contribution >= 0.6 is 23.2 Å². The van der Waals surface area contributed by atoms with Crippen LogP contribution in [0.15, 0.2) is 12.1 Å². The third kappa shape index (κ3) is 5.91. The summed E-state index contributed by atoms with van der Waals surface area (Å²) in [5.74, 6) is -1.53. The number of carboxylic acid groups (broad SMARTS) is 1. The summed E-state index contributed by atoms with van der Waals surface area (Å²) in [6, 6.07) is 2.64. The first-order valence-electron chi connectivity index (χ1n) is 6.37. The molecule has 0 bridgehead atoms. The number of nitrogens with one attached hydrogen (secondary N) is 2. The molecule has 116 valence electrons. The molecule has 0 fully saturated rings. The molecule has 0 aromatic heterocycles. The summed E-state index contributed by atoms with van der Waals surface area (Å²) in [6.07, 6.45) is 0.204. The molecule has 1 amide bonds. The third-order valence-corrected chi connectivity index (χ3v) is 3.07. The van der Waals surface area contributed by atoms with Gasteiger partial charge in [-0.05, 0) is 32.9 Å². The molecule has 1 aromatic carbocycles. The molecule has 0 aliphatic heterocycles. The number of benzene rings is 1. The molecule has 5 nitrogen and oxygen atoms in total. The molecule has 7 heteroatoms. The Morgan fingerprint density at radius 2 is 1.86 bits per heavy atom. The highest BCUT2D eigenvalue weighted by atomic mass is 35.5. The van der Waals surface area contributed by atoms with Gasteiger partial charge in [0.05, 0.1) is 16.3 Å². The summed E-state index contributed by atoms with van der Waals surface area (Å²) in [7, 11) is 0. The first kappa shape index (κ1) is 17.8. The largest absolute Gasteiger partial charge is 0.478 e. The van der Waals surface area contributed by atoms with Crippen molar-refractivity contribution in [1.29, 1.82) is 0 Å². The molecule has 3 N–H and O–H groups in total. The summed E-state index contributed by atoms with van der Waals surface area (Å²) in [5, 5.41) is 15.1. The van der Waals surface area contributed by atoms with Crippen LogP contribution in [-0.4, -0.2) is 29.1 Å². The Hall–Kier alpha value is -1.30. The van der Waals surface area contributed by atoms with Crippen LogP contribution < -0.4 is 10.6 Å². The smallest absolute Gasteiger partial charge is 0.337 e. The first-order chi connectivity index (χ1) is 9.60. The number of hydrogen-bond donors (Lipinski definition) is 3. The normalized spacial score (nSPS) is 11.3. The Kier molecular flexibility index (Phi) is 6.01. The highest BCUT2D eigenvalue weighted by Crippen LogP contribution is 2.30. The molecule has 1 aromatic rings. The fourth-order valence-corrected chi connectivity index (χ4v) is 2.16. The fourth-order valence-electron chi connectivity index (χ4n) is 1.62. The molecule has 1 rings (SSSR count). The van der Waals surface area contributed by atoms with E-state index in [2.05, 4.69) is 10.6 Å². The lowest BCUT2D eigenvalue weighted by Crippen LogP contribution is -2.37. The molecule has 0 atom stereocenters. The third-order valence-electron chi connectivity index (χ3n) is 2.56. The van der Waals surface area contributed by atoms with Gasteiger partial charge in [-0.1, -0.05) is 23.2 Å². The maximum atomic E-state index is 11.9. The summed E-state index contributed by atoms with van der Waals surface area (Å²) in [4.78, 5) is 23.0. The minimum absolute atomic E-state index is 0.0642. The van der Waals surface area contributed by atoms with Crippen molar-refractivity contribution in [2.24, 2.45) is 0 Å². The van der Waals surface area contributed by atoms with E-state index < -0.39 is 5.97 Å². The molecule has 0 spiro atoms. The van der Waals surface area contributed by atoms with E-state index in [1.807, 2.05) is 20.8 Å². The van der Waals surface area contributed by atoms with E-state index in [9.17, 15) is 9.59 Å². The maximum absolute atomic E-state index is 11.9. The number of carbonyl (C=O) groups excluding carboxylic acids is 1. The van der Waals surface area contributed by atoms with Gasteiger partial charge in [-0.25, -0.2) is 4.79 Å². The second-order valence-corrected chi connectivity index (χ2v) is 6.43. The monoisotopic (exact) mass is 332 g/mol. The minimum atomic E-state index is -1.21. The van der Waals surface area contributed by atoms with Gasteiger partial charge < -0.3 is 15.7 Å². The van der Waals surface area contributed by atoms with E-state index in [1.54, 1.807) is 0 Å². The summed E-state index contributed by atoms with van der Waals surface area (Å²) < 4.78 is 0. The quantitative estimate of drug-likeness (QED) is 0.772.